The Hall–Kier alpha value is -3.43. The van der Waals surface area contributed by atoms with Crippen molar-refractivity contribution in [3.63, 3.8) is 0 Å². The van der Waals surface area contributed by atoms with E-state index in [0.29, 0.717) is 12.6 Å². The van der Waals surface area contributed by atoms with E-state index >= 15 is 0 Å². The number of aromatic amines is 2. The van der Waals surface area contributed by atoms with Crippen molar-refractivity contribution in [3.05, 3.63) is 55.4 Å². The van der Waals surface area contributed by atoms with Crippen LogP contribution < -0.4 is 22.3 Å². The predicted octanol–water partition coefficient (Wildman–Crippen LogP) is -0.0375. The fraction of sp³-hybridized carbons (Fsp3) is 0.526. The maximum Gasteiger partial charge on any atom is 0.412 e. The molecule has 0 aliphatic carbocycles. The first-order chi connectivity index (χ1) is 16.0. The molecule has 2 aromatic heterocycles. The number of anilines is 1. The Balaban J connectivity index is 0.000000379. The molecule has 13 nitrogen and oxygen atoms in total. The van der Waals surface area contributed by atoms with E-state index in [9.17, 15) is 38.2 Å². The molecular weight excluding hydrogens is 464 g/mol. The minimum Gasteiger partial charge on any atom is -0.449 e. The van der Waals surface area contributed by atoms with Crippen molar-refractivity contribution in [1.29, 1.82) is 0 Å². The molecule has 34 heavy (non-hydrogen) atoms. The number of hydrogen-bond acceptors (Lipinski definition) is 9. The first kappa shape index (κ1) is 26.8. The highest BCUT2D eigenvalue weighted by Gasteiger charge is 2.42. The maximum atomic E-state index is 14.1. The molecule has 0 bridgehead atoms. The van der Waals surface area contributed by atoms with Crippen molar-refractivity contribution in [2.75, 3.05) is 11.9 Å². The van der Waals surface area contributed by atoms with Gasteiger partial charge in [0, 0.05) is 6.20 Å². The largest absolute Gasteiger partial charge is 0.449 e. The molecule has 188 valence electrons. The Morgan fingerprint density at radius 2 is 1.94 bits per heavy atom. The van der Waals surface area contributed by atoms with Crippen LogP contribution in [0.4, 0.5) is 19.4 Å². The smallest absolute Gasteiger partial charge is 0.412 e. The number of halogens is 2. The van der Waals surface area contributed by atoms with Crippen molar-refractivity contribution >= 4 is 11.9 Å². The van der Waals surface area contributed by atoms with Gasteiger partial charge >= 0.3 is 17.5 Å². The van der Waals surface area contributed by atoms with Gasteiger partial charge in [-0.05, 0) is 13.3 Å². The van der Waals surface area contributed by atoms with E-state index in [2.05, 4.69) is 10.3 Å². The van der Waals surface area contributed by atoms with Gasteiger partial charge in [0.2, 0.25) is 5.82 Å². The lowest BCUT2D eigenvalue weighted by Crippen LogP contribution is -2.36. The van der Waals surface area contributed by atoms with Gasteiger partial charge < -0.3 is 24.7 Å². The summed E-state index contributed by atoms with van der Waals surface area (Å²) >= 11 is 0. The highest BCUT2D eigenvalue weighted by atomic mass is 19.1. The van der Waals surface area contributed by atoms with Crippen molar-refractivity contribution in [2.45, 2.75) is 57.6 Å². The summed E-state index contributed by atoms with van der Waals surface area (Å²) in [5.41, 5.74) is -2.66. The number of carbonyl (C=O) groups excluding carboxylic acids is 1. The summed E-state index contributed by atoms with van der Waals surface area (Å²) < 4.78 is 36.9. The Labute approximate surface area is 190 Å². The van der Waals surface area contributed by atoms with Gasteiger partial charge in [-0.2, -0.15) is 9.37 Å². The normalized spacial score (nSPS) is 21.5. The van der Waals surface area contributed by atoms with Crippen molar-refractivity contribution in [2.24, 2.45) is 0 Å². The van der Waals surface area contributed by atoms with E-state index in [1.54, 1.807) is 4.98 Å². The molecule has 15 heteroatoms. The van der Waals surface area contributed by atoms with Gasteiger partial charge in [-0.15, -0.1) is 0 Å². The summed E-state index contributed by atoms with van der Waals surface area (Å²) in [4.78, 5) is 51.0. The maximum absolute atomic E-state index is 14.1. The number of rotatable bonds is 6. The van der Waals surface area contributed by atoms with Gasteiger partial charge in [-0.25, -0.2) is 18.8 Å². The number of unbranched alkanes of at least 4 members (excludes halogenated alkanes) is 2. The van der Waals surface area contributed by atoms with Crippen LogP contribution in [0.1, 0.15) is 39.3 Å². The number of amides is 1. The first-order valence-corrected chi connectivity index (χ1v) is 10.3. The number of nitrogens with one attached hydrogen (secondary N) is 3. The van der Waals surface area contributed by atoms with Gasteiger partial charge in [0.15, 0.2) is 17.9 Å². The first-order valence-electron chi connectivity index (χ1n) is 10.3. The highest BCUT2D eigenvalue weighted by molar-refractivity contribution is 5.83. The fourth-order valence-electron chi connectivity index (χ4n) is 2.82. The third kappa shape index (κ3) is 7.03. The van der Waals surface area contributed by atoms with Crippen LogP contribution in [0.5, 0.6) is 0 Å². The van der Waals surface area contributed by atoms with Crippen LogP contribution in [-0.2, 0) is 9.47 Å². The van der Waals surface area contributed by atoms with E-state index in [0.717, 1.165) is 23.6 Å². The van der Waals surface area contributed by atoms with Crippen LogP contribution in [0.3, 0.4) is 0 Å². The molecule has 4 atom stereocenters. The average Bonchev–Trinajstić information content (AvgIpc) is 3.04. The standard InChI is InChI=1S/C15H22FN3O6.C4H3FN2O2/c1-3-4-5-6-24-15(23)18-12-9(16)7-19(14(22)17-12)13-11(21)10(20)8(2)25-13;5-2-1-6-4(9)7-3(2)8/h7-8,10-11,13,20-21H,3-6H2,1-2H3,(H,17,18,22,23);1H,(H2,6,7,8,9)/t8-,10-,11-,13-;/m1./s1. The summed E-state index contributed by atoms with van der Waals surface area (Å²) in [7, 11) is 0. The number of aliphatic hydroxyl groups excluding tert-OH is 2. The molecule has 0 radical (unpaired) electrons. The number of aromatic nitrogens is 4. The zero-order valence-corrected chi connectivity index (χ0v) is 18.3. The van der Waals surface area contributed by atoms with Crippen molar-refractivity contribution in [1.82, 2.24) is 19.5 Å². The van der Waals surface area contributed by atoms with Crippen LogP contribution >= 0.6 is 0 Å². The Morgan fingerprint density at radius 3 is 2.50 bits per heavy atom. The number of aliphatic hydroxyl groups is 2. The van der Waals surface area contributed by atoms with Gasteiger partial charge in [0.25, 0.3) is 5.56 Å². The van der Waals surface area contributed by atoms with E-state index in [1.165, 1.54) is 6.92 Å². The second kappa shape index (κ2) is 12.2. The molecule has 3 rings (SSSR count). The van der Waals surface area contributed by atoms with E-state index in [1.807, 2.05) is 11.9 Å². The summed E-state index contributed by atoms with van der Waals surface area (Å²) in [6.45, 7) is 3.68. The van der Waals surface area contributed by atoms with Gasteiger partial charge in [-0.3, -0.25) is 19.7 Å². The molecule has 1 saturated heterocycles. The summed E-state index contributed by atoms with van der Waals surface area (Å²) in [6, 6.07) is 0. The number of hydrogen-bond donors (Lipinski definition) is 5. The lowest BCUT2D eigenvalue weighted by atomic mass is 10.1. The molecule has 0 spiro atoms. The molecule has 1 fully saturated rings. The zero-order chi connectivity index (χ0) is 25.4. The molecule has 1 amide bonds. The molecule has 3 heterocycles. The summed E-state index contributed by atoms with van der Waals surface area (Å²) in [5, 5.41) is 21.6. The average molecular weight is 489 g/mol. The number of ether oxygens (including phenoxy) is 2. The van der Waals surface area contributed by atoms with Crippen LogP contribution in [0.15, 0.2) is 26.8 Å². The van der Waals surface area contributed by atoms with Crippen LogP contribution in [0.25, 0.3) is 0 Å². The van der Waals surface area contributed by atoms with Crippen molar-refractivity contribution < 1.29 is 33.3 Å². The van der Waals surface area contributed by atoms with Crippen LogP contribution in [0.2, 0.25) is 0 Å². The zero-order valence-electron chi connectivity index (χ0n) is 18.3. The van der Waals surface area contributed by atoms with Crippen molar-refractivity contribution in [3.8, 4) is 0 Å². The number of carbonyl (C=O) groups is 1. The SMILES string of the molecule is CCCCCOC(=O)Nc1nc(=O)n([C@@H]2O[C@H](C)[C@@H](O)[C@H]2O)cc1F.O=c1[nH]cc(F)c(=O)[nH]1. The number of H-pyrrole nitrogens is 2. The van der Waals surface area contributed by atoms with E-state index < -0.39 is 65.0 Å². The lowest BCUT2D eigenvalue weighted by Gasteiger charge is -2.17. The molecule has 2 aromatic rings. The Morgan fingerprint density at radius 1 is 1.24 bits per heavy atom. The Kier molecular flexibility index (Phi) is 9.58. The third-order valence-electron chi connectivity index (χ3n) is 4.63. The fourth-order valence-corrected chi connectivity index (χ4v) is 2.82. The van der Waals surface area contributed by atoms with E-state index in [4.69, 9.17) is 9.47 Å². The topological polar surface area (TPSA) is 189 Å². The number of nitrogens with zero attached hydrogens (tertiary/aromatic N) is 2. The third-order valence-corrected chi connectivity index (χ3v) is 4.63. The minimum absolute atomic E-state index is 0.177. The molecule has 0 saturated carbocycles. The van der Waals surface area contributed by atoms with Crippen LogP contribution in [-0.4, -0.2) is 60.7 Å². The Bertz CT molecular complexity index is 1150. The lowest BCUT2D eigenvalue weighted by molar-refractivity contribution is -0.0355. The minimum atomic E-state index is -1.41. The van der Waals surface area contributed by atoms with Gasteiger partial charge in [0.1, 0.15) is 12.2 Å². The predicted molar refractivity (Wildman–Crippen MR) is 112 cm³/mol. The highest BCUT2D eigenvalue weighted by Crippen LogP contribution is 2.28. The molecule has 5 N–H and O–H groups in total. The molecule has 0 unspecified atom stereocenters. The van der Waals surface area contributed by atoms with Gasteiger partial charge in [-0.1, -0.05) is 19.8 Å². The van der Waals surface area contributed by atoms with E-state index in [-0.39, 0.29) is 6.61 Å². The summed E-state index contributed by atoms with van der Waals surface area (Å²) in [5.74, 6) is -2.58. The molecule has 1 aliphatic heterocycles. The molecule has 1 aliphatic rings. The monoisotopic (exact) mass is 489 g/mol. The second-order valence-corrected chi connectivity index (χ2v) is 7.23. The molecule has 0 aromatic carbocycles. The molecular formula is C19H25F2N5O8. The van der Waals surface area contributed by atoms with Gasteiger partial charge in [0.05, 0.1) is 18.9 Å². The quantitative estimate of drug-likeness (QED) is 0.347. The van der Waals surface area contributed by atoms with Crippen LogP contribution in [0, 0.1) is 11.6 Å². The summed E-state index contributed by atoms with van der Waals surface area (Å²) in [6.07, 6.45) is -1.54. The second-order valence-electron chi connectivity index (χ2n) is 7.23.